The molecule has 3 aromatic rings. The van der Waals surface area contributed by atoms with Crippen LogP contribution in [0.1, 0.15) is 16.7 Å². The van der Waals surface area contributed by atoms with Crippen molar-refractivity contribution in [3.05, 3.63) is 93.3 Å². The number of hydrogen-bond acceptors (Lipinski definition) is 3. The van der Waals surface area contributed by atoms with E-state index in [4.69, 9.17) is 15.9 Å². The van der Waals surface area contributed by atoms with E-state index in [0.717, 1.165) is 16.7 Å². The van der Waals surface area contributed by atoms with Gasteiger partial charge in [-0.25, -0.2) is 4.39 Å². The van der Waals surface area contributed by atoms with Gasteiger partial charge in [0.1, 0.15) is 28.1 Å². The van der Waals surface area contributed by atoms with Crippen molar-refractivity contribution in [2.75, 3.05) is 0 Å². The van der Waals surface area contributed by atoms with Crippen LogP contribution < -0.4 is 16.0 Å². The number of ether oxygens (including phenoxy) is 1. The lowest BCUT2D eigenvalue weighted by atomic mass is 10.1. The van der Waals surface area contributed by atoms with Crippen LogP contribution in [-0.4, -0.2) is 4.57 Å². The van der Waals surface area contributed by atoms with Crippen molar-refractivity contribution in [3.8, 4) is 5.75 Å². The molecule has 134 valence electrons. The maximum absolute atomic E-state index is 13.0. The Morgan fingerprint density at radius 2 is 1.77 bits per heavy atom. The molecule has 0 unspecified atom stereocenters. The number of benzene rings is 2. The number of pyridine rings is 1. The van der Waals surface area contributed by atoms with Crippen LogP contribution in [0.4, 0.5) is 4.39 Å². The second-order valence-electron chi connectivity index (χ2n) is 5.91. The summed E-state index contributed by atoms with van der Waals surface area (Å²) in [5.41, 5.74) is 9.01. The van der Waals surface area contributed by atoms with Gasteiger partial charge in [-0.1, -0.05) is 36.4 Å². The van der Waals surface area contributed by atoms with E-state index in [2.05, 4.69) is 15.9 Å². The van der Waals surface area contributed by atoms with E-state index in [9.17, 15) is 4.39 Å². The second-order valence-corrected chi connectivity index (χ2v) is 6.70. The molecule has 0 aliphatic rings. The summed E-state index contributed by atoms with van der Waals surface area (Å²) in [6, 6.07) is 16.0. The zero-order valence-electron chi connectivity index (χ0n) is 14.1. The van der Waals surface area contributed by atoms with Crippen LogP contribution in [0, 0.1) is 11.2 Å². The summed E-state index contributed by atoms with van der Waals surface area (Å²) >= 11 is 3.44. The van der Waals surface area contributed by atoms with Gasteiger partial charge in [0.05, 0.1) is 0 Å². The van der Waals surface area contributed by atoms with E-state index in [1.165, 1.54) is 12.1 Å². The minimum atomic E-state index is -0.275. The summed E-state index contributed by atoms with van der Waals surface area (Å²) < 4.78 is 21.1. The summed E-state index contributed by atoms with van der Waals surface area (Å²) in [5.74, 6) is 0.300. The van der Waals surface area contributed by atoms with Gasteiger partial charge in [0.15, 0.2) is 0 Å². The minimum Gasteiger partial charge on any atom is -0.488 e. The predicted molar refractivity (Wildman–Crippen MR) is 102 cm³/mol. The molecule has 0 radical (unpaired) electrons. The smallest absolute Gasteiger partial charge is 0.143 e. The summed E-state index contributed by atoms with van der Waals surface area (Å²) in [6.07, 6.45) is 1.82. The zero-order valence-corrected chi connectivity index (χ0v) is 15.7. The summed E-state index contributed by atoms with van der Waals surface area (Å²) in [4.78, 5) is 0. The molecule has 0 bridgehead atoms. The fraction of sp³-hybridized carbons (Fsp3) is 0.150. The van der Waals surface area contributed by atoms with Crippen molar-refractivity contribution < 1.29 is 9.13 Å². The molecule has 0 amide bonds. The van der Waals surface area contributed by atoms with E-state index in [1.807, 2.05) is 41.1 Å². The average Bonchev–Trinajstić information content (AvgIpc) is 2.66. The van der Waals surface area contributed by atoms with Crippen LogP contribution in [0.3, 0.4) is 0 Å². The maximum atomic E-state index is 13.0. The Labute approximate surface area is 159 Å². The van der Waals surface area contributed by atoms with E-state index in [-0.39, 0.29) is 5.82 Å². The molecule has 0 saturated heterocycles. The minimum absolute atomic E-state index is 0.275. The van der Waals surface area contributed by atoms with Crippen LogP contribution >= 0.6 is 15.9 Å². The maximum Gasteiger partial charge on any atom is 0.143 e. The van der Waals surface area contributed by atoms with Gasteiger partial charge < -0.3 is 15.0 Å². The van der Waals surface area contributed by atoms with Crippen LogP contribution in [-0.2, 0) is 19.7 Å². The Morgan fingerprint density at radius 3 is 2.50 bits per heavy atom. The number of nitrogens with two attached hydrogens (primary N) is 1. The van der Waals surface area contributed by atoms with Gasteiger partial charge in [-0.3, -0.25) is 5.41 Å². The lowest BCUT2D eigenvalue weighted by Gasteiger charge is -2.13. The molecule has 0 fully saturated rings. The fourth-order valence-corrected chi connectivity index (χ4v) is 3.06. The quantitative estimate of drug-likeness (QED) is 0.639. The Morgan fingerprint density at radius 1 is 1.04 bits per heavy atom. The highest BCUT2D eigenvalue weighted by Crippen LogP contribution is 2.22. The molecule has 3 rings (SSSR count). The van der Waals surface area contributed by atoms with Crippen LogP contribution in [0.5, 0.6) is 5.75 Å². The van der Waals surface area contributed by atoms with Crippen LogP contribution in [0.15, 0.2) is 65.3 Å². The van der Waals surface area contributed by atoms with Gasteiger partial charge in [-0.05, 0) is 50.8 Å². The number of hydrogen-bond donors (Lipinski definition) is 2. The van der Waals surface area contributed by atoms with Gasteiger partial charge in [0.2, 0.25) is 0 Å². The number of aromatic nitrogens is 1. The molecule has 0 aliphatic carbocycles. The fourth-order valence-electron chi connectivity index (χ4n) is 2.58. The van der Waals surface area contributed by atoms with Gasteiger partial charge >= 0.3 is 0 Å². The normalized spacial score (nSPS) is 10.7. The lowest BCUT2D eigenvalue weighted by Crippen LogP contribution is -2.21. The highest BCUT2D eigenvalue weighted by molar-refractivity contribution is 9.10. The summed E-state index contributed by atoms with van der Waals surface area (Å²) in [7, 11) is 0. The number of nitrogens with zero attached hydrogens (tertiary/aromatic N) is 1. The van der Waals surface area contributed by atoms with Gasteiger partial charge in [0, 0.05) is 19.3 Å². The molecule has 0 spiro atoms. The van der Waals surface area contributed by atoms with Crippen molar-refractivity contribution in [3.63, 3.8) is 0 Å². The second kappa shape index (κ2) is 8.29. The predicted octanol–water partition coefficient (Wildman–Crippen LogP) is 3.96. The Kier molecular flexibility index (Phi) is 5.85. The van der Waals surface area contributed by atoms with E-state index >= 15 is 0 Å². The summed E-state index contributed by atoms with van der Waals surface area (Å²) in [5, 5.41) is 8.36. The molecule has 4 nitrogen and oxygen atoms in total. The molecular weight excluding hydrogens is 397 g/mol. The van der Waals surface area contributed by atoms with Crippen molar-refractivity contribution in [2.24, 2.45) is 5.73 Å². The molecule has 6 heteroatoms. The first kappa shape index (κ1) is 18.4. The third-order valence-corrected chi connectivity index (χ3v) is 4.77. The highest BCUT2D eigenvalue weighted by atomic mass is 79.9. The number of halogens is 2. The van der Waals surface area contributed by atoms with E-state index in [1.54, 1.807) is 12.1 Å². The van der Waals surface area contributed by atoms with Crippen LogP contribution in [0.2, 0.25) is 0 Å². The molecule has 3 N–H and O–H groups in total. The molecule has 1 aromatic heterocycles. The van der Waals surface area contributed by atoms with Crippen LogP contribution in [0.25, 0.3) is 0 Å². The Hall–Kier alpha value is -2.44. The lowest BCUT2D eigenvalue weighted by molar-refractivity contribution is 0.302. The molecular formula is C20H19BrFN3O. The van der Waals surface area contributed by atoms with Crippen molar-refractivity contribution in [1.82, 2.24) is 4.57 Å². The van der Waals surface area contributed by atoms with E-state index in [0.29, 0.717) is 35.4 Å². The Bertz CT molecular complexity index is 954. The first-order valence-electron chi connectivity index (χ1n) is 8.15. The topological polar surface area (TPSA) is 64.0 Å². The molecule has 0 aliphatic heterocycles. The van der Waals surface area contributed by atoms with Crippen molar-refractivity contribution in [2.45, 2.75) is 19.7 Å². The monoisotopic (exact) mass is 415 g/mol. The Balaban J connectivity index is 1.75. The third kappa shape index (κ3) is 4.39. The molecule has 0 saturated carbocycles. The third-order valence-electron chi connectivity index (χ3n) is 4.00. The highest BCUT2D eigenvalue weighted by Gasteiger charge is 2.07. The standard InChI is InChI=1S/C20H19BrFN3O/c21-19-18(26-13-14-4-6-17(22)7-5-14)8-9-25(20(19)24)12-16-3-1-2-15(10-16)11-23/h1-10,24H,11-13,23H2. The molecule has 1 heterocycles. The number of rotatable bonds is 6. The van der Waals surface area contributed by atoms with Crippen molar-refractivity contribution >= 4 is 15.9 Å². The average molecular weight is 416 g/mol. The number of nitrogens with one attached hydrogen (secondary N) is 1. The zero-order chi connectivity index (χ0) is 18.5. The first-order chi connectivity index (χ1) is 12.6. The molecule has 2 aromatic carbocycles. The van der Waals surface area contributed by atoms with Gasteiger partial charge in [-0.2, -0.15) is 0 Å². The van der Waals surface area contributed by atoms with Gasteiger partial charge in [0.25, 0.3) is 0 Å². The molecule has 0 atom stereocenters. The van der Waals surface area contributed by atoms with Crippen molar-refractivity contribution in [1.29, 1.82) is 5.41 Å². The van der Waals surface area contributed by atoms with E-state index < -0.39 is 0 Å². The molecule has 26 heavy (non-hydrogen) atoms. The SMILES string of the molecule is N=c1c(Br)c(OCc2ccc(F)cc2)ccn1Cc1cccc(CN)c1. The summed E-state index contributed by atoms with van der Waals surface area (Å²) in [6.45, 7) is 1.37. The first-order valence-corrected chi connectivity index (χ1v) is 8.95. The largest absolute Gasteiger partial charge is 0.488 e. The van der Waals surface area contributed by atoms with Gasteiger partial charge in [-0.15, -0.1) is 0 Å².